The van der Waals surface area contributed by atoms with E-state index in [1.54, 1.807) is 18.2 Å². The number of halogens is 2. The molecule has 1 aromatic rings. The van der Waals surface area contributed by atoms with Crippen LogP contribution in [-0.2, 0) is 14.3 Å². The first kappa shape index (κ1) is 19.7. The van der Waals surface area contributed by atoms with Crippen molar-refractivity contribution in [1.29, 1.82) is 0 Å². The summed E-state index contributed by atoms with van der Waals surface area (Å²) in [6.45, 7) is 4.58. The lowest BCUT2D eigenvalue weighted by atomic mass is 10.2. The van der Waals surface area contributed by atoms with Crippen molar-refractivity contribution >= 4 is 41.2 Å². The first-order chi connectivity index (χ1) is 12.1. The maximum absolute atomic E-state index is 11.7. The van der Waals surface area contributed by atoms with Gasteiger partial charge in [-0.25, -0.2) is 5.43 Å². The summed E-state index contributed by atoms with van der Waals surface area (Å²) in [6.07, 6.45) is 2.15. The molecule has 2 rings (SSSR count). The molecule has 0 bridgehead atoms. The fourth-order valence-corrected chi connectivity index (χ4v) is 2.53. The van der Waals surface area contributed by atoms with E-state index >= 15 is 0 Å². The molecule has 0 spiro atoms. The molecule has 25 heavy (non-hydrogen) atoms. The van der Waals surface area contributed by atoms with Gasteiger partial charge in [0.05, 0.1) is 29.5 Å². The highest BCUT2D eigenvalue weighted by atomic mass is 35.5. The second-order valence-electron chi connectivity index (χ2n) is 5.44. The Morgan fingerprint density at radius 3 is 2.68 bits per heavy atom. The number of morpholine rings is 1. The highest BCUT2D eigenvalue weighted by Crippen LogP contribution is 2.21. The standard InChI is InChI=1S/C16H20Cl2N4O3/c17-13-3-2-12(10-14(13)18)11-20-21-16(24)15(23)19-4-1-5-22-6-8-25-9-7-22/h2-3,10-11H,1,4-9H2,(H,19,23)(H,21,24)/b20-11-. The van der Waals surface area contributed by atoms with Crippen LogP contribution >= 0.6 is 23.2 Å². The van der Waals surface area contributed by atoms with Crippen molar-refractivity contribution in [3.63, 3.8) is 0 Å². The van der Waals surface area contributed by atoms with Crippen LogP contribution in [0.3, 0.4) is 0 Å². The van der Waals surface area contributed by atoms with Crippen LogP contribution in [0.2, 0.25) is 10.0 Å². The van der Waals surface area contributed by atoms with E-state index in [2.05, 4.69) is 20.7 Å². The van der Waals surface area contributed by atoms with Crippen LogP contribution in [0, 0.1) is 0 Å². The topological polar surface area (TPSA) is 83.0 Å². The molecule has 2 N–H and O–H groups in total. The third kappa shape index (κ3) is 6.99. The summed E-state index contributed by atoms with van der Waals surface area (Å²) in [5.41, 5.74) is 2.82. The average molecular weight is 387 g/mol. The normalized spacial score (nSPS) is 15.3. The minimum Gasteiger partial charge on any atom is -0.379 e. The number of nitrogens with zero attached hydrogens (tertiary/aromatic N) is 2. The molecule has 0 radical (unpaired) electrons. The molecule has 1 fully saturated rings. The van der Waals surface area contributed by atoms with Gasteiger partial charge in [-0.05, 0) is 30.7 Å². The van der Waals surface area contributed by atoms with Crippen molar-refractivity contribution < 1.29 is 14.3 Å². The van der Waals surface area contributed by atoms with Crippen LogP contribution < -0.4 is 10.7 Å². The number of rotatable bonds is 6. The Hall–Kier alpha value is -1.67. The lowest BCUT2D eigenvalue weighted by molar-refractivity contribution is -0.139. The van der Waals surface area contributed by atoms with E-state index in [0.717, 1.165) is 39.3 Å². The summed E-state index contributed by atoms with van der Waals surface area (Å²) in [7, 11) is 0. The number of nitrogens with one attached hydrogen (secondary N) is 2. The van der Waals surface area contributed by atoms with Gasteiger partial charge in [0.25, 0.3) is 0 Å². The molecule has 1 aliphatic rings. The molecule has 0 aromatic heterocycles. The third-order valence-corrected chi connectivity index (χ3v) is 4.31. The van der Waals surface area contributed by atoms with Gasteiger partial charge < -0.3 is 10.1 Å². The summed E-state index contributed by atoms with van der Waals surface area (Å²) < 4.78 is 5.27. The second kappa shape index (κ2) is 10.4. The number of hydrogen-bond acceptors (Lipinski definition) is 5. The average Bonchev–Trinajstić information content (AvgIpc) is 2.62. The number of hydrazone groups is 1. The molecule has 136 valence electrons. The fraction of sp³-hybridized carbons (Fsp3) is 0.438. The van der Waals surface area contributed by atoms with Crippen LogP contribution in [-0.4, -0.2) is 62.3 Å². The molecule has 0 aliphatic carbocycles. The van der Waals surface area contributed by atoms with Gasteiger partial charge >= 0.3 is 11.8 Å². The van der Waals surface area contributed by atoms with E-state index in [4.69, 9.17) is 27.9 Å². The van der Waals surface area contributed by atoms with Gasteiger partial charge in [0.1, 0.15) is 0 Å². The Labute approximate surface area is 156 Å². The van der Waals surface area contributed by atoms with Crippen molar-refractivity contribution in [2.24, 2.45) is 5.10 Å². The minimum atomic E-state index is -0.817. The fourth-order valence-electron chi connectivity index (χ4n) is 2.22. The predicted octanol–water partition coefficient (Wildman–Crippen LogP) is 1.28. The summed E-state index contributed by atoms with van der Waals surface area (Å²) in [5, 5.41) is 7.11. The lowest BCUT2D eigenvalue weighted by Crippen LogP contribution is -2.40. The molecular weight excluding hydrogens is 367 g/mol. The van der Waals surface area contributed by atoms with Crippen molar-refractivity contribution in [3.8, 4) is 0 Å². The van der Waals surface area contributed by atoms with Gasteiger partial charge in [-0.2, -0.15) is 5.10 Å². The first-order valence-corrected chi connectivity index (χ1v) is 8.68. The van der Waals surface area contributed by atoms with Gasteiger partial charge in [-0.15, -0.1) is 0 Å². The maximum atomic E-state index is 11.7. The lowest BCUT2D eigenvalue weighted by Gasteiger charge is -2.26. The van der Waals surface area contributed by atoms with Crippen molar-refractivity contribution in [3.05, 3.63) is 33.8 Å². The Kier molecular flexibility index (Phi) is 8.14. The number of carbonyl (C=O) groups excluding carboxylic acids is 2. The maximum Gasteiger partial charge on any atom is 0.329 e. The quantitative estimate of drug-likeness (QED) is 0.334. The number of benzene rings is 1. The molecule has 7 nitrogen and oxygen atoms in total. The first-order valence-electron chi connectivity index (χ1n) is 7.92. The second-order valence-corrected chi connectivity index (χ2v) is 6.25. The van der Waals surface area contributed by atoms with E-state index in [9.17, 15) is 9.59 Å². The number of carbonyl (C=O) groups is 2. The van der Waals surface area contributed by atoms with Gasteiger partial charge in [0.15, 0.2) is 0 Å². The molecule has 1 aromatic carbocycles. The Bertz CT molecular complexity index is 634. The van der Waals surface area contributed by atoms with Gasteiger partial charge in [0, 0.05) is 19.6 Å². The smallest absolute Gasteiger partial charge is 0.329 e. The van der Waals surface area contributed by atoms with Crippen LogP contribution in [0.1, 0.15) is 12.0 Å². The molecule has 0 unspecified atom stereocenters. The summed E-state index contributed by atoms with van der Waals surface area (Å²) in [6, 6.07) is 4.91. The minimum absolute atomic E-state index is 0.384. The van der Waals surface area contributed by atoms with Crippen molar-refractivity contribution in [1.82, 2.24) is 15.6 Å². The largest absolute Gasteiger partial charge is 0.379 e. The van der Waals surface area contributed by atoms with E-state index in [-0.39, 0.29) is 0 Å². The Morgan fingerprint density at radius 1 is 1.20 bits per heavy atom. The van der Waals surface area contributed by atoms with Crippen molar-refractivity contribution in [2.75, 3.05) is 39.4 Å². The molecular formula is C16H20Cl2N4O3. The summed E-state index contributed by atoms with van der Waals surface area (Å²) in [5.74, 6) is -1.53. The van der Waals surface area contributed by atoms with Gasteiger partial charge in [0.2, 0.25) is 0 Å². The zero-order valence-electron chi connectivity index (χ0n) is 13.6. The molecule has 2 amide bonds. The molecule has 1 aliphatic heterocycles. The van der Waals surface area contributed by atoms with E-state index in [1.807, 2.05) is 0 Å². The van der Waals surface area contributed by atoms with Crippen LogP contribution in [0.15, 0.2) is 23.3 Å². The van der Waals surface area contributed by atoms with E-state index < -0.39 is 11.8 Å². The highest BCUT2D eigenvalue weighted by molar-refractivity contribution is 6.42. The van der Waals surface area contributed by atoms with Crippen LogP contribution in [0.5, 0.6) is 0 Å². The van der Waals surface area contributed by atoms with Gasteiger partial charge in [-0.1, -0.05) is 29.3 Å². The van der Waals surface area contributed by atoms with E-state index in [1.165, 1.54) is 6.21 Å². The highest BCUT2D eigenvalue weighted by Gasteiger charge is 2.13. The number of amides is 2. The summed E-state index contributed by atoms with van der Waals surface area (Å²) in [4.78, 5) is 25.6. The Balaban J connectivity index is 1.64. The SMILES string of the molecule is O=C(NCCCN1CCOCC1)C(=O)N/N=C\c1ccc(Cl)c(Cl)c1. The molecule has 0 saturated carbocycles. The number of ether oxygens (including phenoxy) is 1. The monoisotopic (exact) mass is 386 g/mol. The Morgan fingerprint density at radius 2 is 1.96 bits per heavy atom. The zero-order chi connectivity index (χ0) is 18.1. The van der Waals surface area contributed by atoms with Crippen LogP contribution in [0.25, 0.3) is 0 Å². The van der Waals surface area contributed by atoms with Gasteiger partial charge in [-0.3, -0.25) is 14.5 Å². The van der Waals surface area contributed by atoms with Crippen LogP contribution in [0.4, 0.5) is 0 Å². The van der Waals surface area contributed by atoms with Crippen molar-refractivity contribution in [2.45, 2.75) is 6.42 Å². The summed E-state index contributed by atoms with van der Waals surface area (Å²) >= 11 is 11.7. The molecule has 1 saturated heterocycles. The zero-order valence-corrected chi connectivity index (χ0v) is 15.1. The molecule has 0 atom stereocenters. The number of hydrogen-bond donors (Lipinski definition) is 2. The molecule has 9 heteroatoms. The predicted molar refractivity (Wildman–Crippen MR) is 97.1 cm³/mol. The van der Waals surface area contributed by atoms with E-state index in [0.29, 0.717) is 22.2 Å². The third-order valence-electron chi connectivity index (χ3n) is 3.57. The molecule has 1 heterocycles.